The molecule has 1 atom stereocenters. The number of carbonyl (C=O) groups excluding carboxylic acids is 1. The minimum atomic E-state index is -4.80. The number of nitrogens with one attached hydrogen (secondary N) is 2. The highest BCUT2D eigenvalue weighted by Gasteiger charge is 2.34. The Labute approximate surface area is 190 Å². The first-order chi connectivity index (χ1) is 14.7. The molecule has 1 fully saturated rings. The van der Waals surface area contributed by atoms with Gasteiger partial charge in [-0.2, -0.15) is 18.2 Å². The number of hydrogen-bond acceptors (Lipinski definition) is 5. The summed E-state index contributed by atoms with van der Waals surface area (Å²) in [6.45, 7) is 4.80. The van der Waals surface area contributed by atoms with E-state index in [4.69, 9.17) is 0 Å². The molecule has 0 bridgehead atoms. The number of rotatable bonds is 6. The van der Waals surface area contributed by atoms with Crippen molar-refractivity contribution in [1.29, 1.82) is 0 Å². The van der Waals surface area contributed by atoms with Crippen molar-refractivity contribution < 1.29 is 22.4 Å². The van der Waals surface area contributed by atoms with Crippen LogP contribution < -0.4 is 15.5 Å². The molecule has 176 valence electrons. The molecule has 1 saturated heterocycles. The standard InChI is InChI=1S/C21H25F4N5O.ClH/c1-3-5-14-11-19(30-9-4-6-16(12-30)26-13(2)31)29-20(27-14)28-15-7-8-18(22)17(10-15)21(23,24)25;/h7-8,10-11,16H,3-6,9,12H2,1-2H3,(H,26,31)(H,27,28,29);1H. The van der Waals surface area contributed by atoms with Crippen LogP contribution in [0, 0.1) is 5.82 Å². The summed E-state index contributed by atoms with van der Waals surface area (Å²) < 4.78 is 52.7. The van der Waals surface area contributed by atoms with Gasteiger partial charge in [0.1, 0.15) is 11.6 Å². The van der Waals surface area contributed by atoms with E-state index in [1.54, 1.807) is 0 Å². The number of halogens is 5. The third-order valence-electron chi connectivity index (χ3n) is 4.95. The Morgan fingerprint density at radius 3 is 2.66 bits per heavy atom. The van der Waals surface area contributed by atoms with E-state index >= 15 is 0 Å². The maximum absolute atomic E-state index is 13.6. The van der Waals surface area contributed by atoms with Crippen molar-refractivity contribution in [3.8, 4) is 0 Å². The SMILES string of the molecule is CCCc1cc(N2CCCC(NC(C)=O)C2)nc(Nc2ccc(F)c(C(F)(F)F)c2)n1.Cl. The fourth-order valence-corrected chi connectivity index (χ4v) is 3.63. The Hall–Kier alpha value is -2.62. The summed E-state index contributed by atoms with van der Waals surface area (Å²) in [5.74, 6) is -0.659. The van der Waals surface area contributed by atoms with Crippen molar-refractivity contribution in [2.45, 2.75) is 51.7 Å². The molecule has 2 heterocycles. The highest BCUT2D eigenvalue weighted by atomic mass is 35.5. The van der Waals surface area contributed by atoms with Crippen molar-refractivity contribution in [3.63, 3.8) is 0 Å². The molecule has 11 heteroatoms. The first-order valence-corrected chi connectivity index (χ1v) is 10.2. The van der Waals surface area contributed by atoms with Crippen LogP contribution in [0.4, 0.5) is 35.0 Å². The third kappa shape index (κ3) is 6.69. The lowest BCUT2D eigenvalue weighted by Crippen LogP contribution is -2.47. The number of hydrogen-bond donors (Lipinski definition) is 2. The normalized spacial score (nSPS) is 16.3. The van der Waals surface area contributed by atoms with Gasteiger partial charge in [0.05, 0.1) is 5.56 Å². The van der Waals surface area contributed by atoms with Crippen LogP contribution in [0.2, 0.25) is 0 Å². The molecule has 6 nitrogen and oxygen atoms in total. The van der Waals surface area contributed by atoms with Crippen LogP contribution in [0.15, 0.2) is 24.3 Å². The van der Waals surface area contributed by atoms with Gasteiger partial charge in [0.15, 0.2) is 0 Å². The summed E-state index contributed by atoms with van der Waals surface area (Å²) >= 11 is 0. The molecule has 32 heavy (non-hydrogen) atoms. The van der Waals surface area contributed by atoms with Crippen LogP contribution in [-0.2, 0) is 17.4 Å². The van der Waals surface area contributed by atoms with E-state index in [2.05, 4.69) is 20.6 Å². The molecular weight excluding hydrogens is 450 g/mol. The summed E-state index contributed by atoms with van der Waals surface area (Å²) in [6, 6.07) is 4.55. The van der Waals surface area contributed by atoms with Crippen molar-refractivity contribution in [2.75, 3.05) is 23.3 Å². The van der Waals surface area contributed by atoms with Crippen LogP contribution in [0.25, 0.3) is 0 Å². The lowest BCUT2D eigenvalue weighted by Gasteiger charge is -2.34. The molecule has 3 rings (SSSR count). The van der Waals surface area contributed by atoms with Gasteiger partial charge >= 0.3 is 6.18 Å². The molecule has 1 aliphatic rings. The molecule has 1 aromatic carbocycles. The smallest absolute Gasteiger partial charge is 0.354 e. The predicted molar refractivity (Wildman–Crippen MR) is 117 cm³/mol. The van der Waals surface area contributed by atoms with Crippen molar-refractivity contribution in [2.24, 2.45) is 0 Å². The Balaban J connectivity index is 0.00000363. The fourth-order valence-electron chi connectivity index (χ4n) is 3.63. The van der Waals surface area contributed by atoms with Crippen molar-refractivity contribution in [1.82, 2.24) is 15.3 Å². The number of carbonyl (C=O) groups is 1. The van der Waals surface area contributed by atoms with E-state index in [-0.39, 0.29) is 36.0 Å². The number of amides is 1. The summed E-state index contributed by atoms with van der Waals surface area (Å²) in [5, 5.41) is 5.70. The monoisotopic (exact) mass is 475 g/mol. The van der Waals surface area contributed by atoms with Gasteiger partial charge < -0.3 is 15.5 Å². The predicted octanol–water partition coefficient (Wildman–Crippen LogP) is 4.86. The minimum absolute atomic E-state index is 0. The lowest BCUT2D eigenvalue weighted by molar-refractivity contribution is -0.140. The van der Waals surface area contributed by atoms with Gasteiger partial charge in [-0.1, -0.05) is 13.3 Å². The Morgan fingerprint density at radius 1 is 1.25 bits per heavy atom. The topological polar surface area (TPSA) is 70.2 Å². The van der Waals surface area contributed by atoms with Gasteiger partial charge in [0.2, 0.25) is 11.9 Å². The second-order valence-corrected chi connectivity index (χ2v) is 7.59. The van der Waals surface area contributed by atoms with Crippen LogP contribution >= 0.6 is 12.4 Å². The van der Waals surface area contributed by atoms with Gasteiger partial charge in [-0.05, 0) is 37.5 Å². The molecule has 0 saturated carbocycles. The van der Waals surface area contributed by atoms with Crippen LogP contribution in [0.5, 0.6) is 0 Å². The quantitative estimate of drug-likeness (QED) is 0.584. The Morgan fingerprint density at radius 2 is 2.00 bits per heavy atom. The van der Waals surface area contributed by atoms with Crippen LogP contribution in [0.3, 0.4) is 0 Å². The summed E-state index contributed by atoms with van der Waals surface area (Å²) in [5.41, 5.74) is -0.561. The third-order valence-corrected chi connectivity index (χ3v) is 4.95. The van der Waals surface area contributed by atoms with Crippen molar-refractivity contribution >= 4 is 35.8 Å². The van der Waals surface area contributed by atoms with Gasteiger partial charge in [-0.25, -0.2) is 9.37 Å². The van der Waals surface area contributed by atoms with E-state index < -0.39 is 17.6 Å². The maximum Gasteiger partial charge on any atom is 0.419 e. The van der Waals surface area contributed by atoms with Crippen LogP contribution in [0.1, 0.15) is 44.4 Å². The van der Waals surface area contributed by atoms with E-state index in [0.717, 1.165) is 37.6 Å². The second-order valence-electron chi connectivity index (χ2n) is 7.59. The number of aromatic nitrogens is 2. The largest absolute Gasteiger partial charge is 0.419 e. The molecule has 0 spiro atoms. The zero-order valence-corrected chi connectivity index (χ0v) is 18.6. The molecular formula is C21H26ClF4N5O. The first kappa shape index (κ1) is 25.6. The van der Waals surface area contributed by atoms with E-state index in [1.807, 2.05) is 17.9 Å². The highest BCUT2D eigenvalue weighted by molar-refractivity contribution is 5.85. The molecule has 1 aromatic heterocycles. The summed E-state index contributed by atoms with van der Waals surface area (Å²) in [7, 11) is 0. The number of piperidine rings is 1. The Bertz CT molecular complexity index is 941. The molecule has 2 N–H and O–H groups in total. The lowest BCUT2D eigenvalue weighted by atomic mass is 10.1. The minimum Gasteiger partial charge on any atom is -0.354 e. The number of nitrogens with zero attached hydrogens (tertiary/aromatic N) is 3. The van der Waals surface area contributed by atoms with Gasteiger partial charge in [0, 0.05) is 43.5 Å². The van der Waals surface area contributed by atoms with E-state index in [1.165, 1.54) is 13.0 Å². The summed E-state index contributed by atoms with van der Waals surface area (Å²) in [4.78, 5) is 22.3. The molecule has 1 aliphatic heterocycles. The number of anilines is 3. The van der Waals surface area contributed by atoms with E-state index in [0.29, 0.717) is 24.8 Å². The van der Waals surface area contributed by atoms with Gasteiger partial charge in [-0.3, -0.25) is 4.79 Å². The number of benzene rings is 1. The average Bonchev–Trinajstić information content (AvgIpc) is 2.68. The highest BCUT2D eigenvalue weighted by Crippen LogP contribution is 2.33. The summed E-state index contributed by atoms with van der Waals surface area (Å²) in [6.07, 6.45) is -1.56. The van der Waals surface area contributed by atoms with Crippen molar-refractivity contribution in [3.05, 3.63) is 41.3 Å². The second kappa shape index (κ2) is 10.8. The van der Waals surface area contributed by atoms with Gasteiger partial charge in [0.25, 0.3) is 0 Å². The first-order valence-electron chi connectivity index (χ1n) is 10.2. The van der Waals surface area contributed by atoms with Gasteiger partial charge in [-0.15, -0.1) is 12.4 Å². The Kier molecular flexibility index (Phi) is 8.65. The molecule has 0 aliphatic carbocycles. The average molecular weight is 476 g/mol. The van der Waals surface area contributed by atoms with E-state index in [9.17, 15) is 22.4 Å². The zero-order valence-electron chi connectivity index (χ0n) is 17.8. The molecule has 2 aromatic rings. The fraction of sp³-hybridized carbons (Fsp3) is 0.476. The van der Waals surface area contributed by atoms with Crippen LogP contribution in [-0.4, -0.2) is 35.0 Å². The number of aryl methyl sites for hydroxylation is 1. The molecule has 0 radical (unpaired) electrons. The maximum atomic E-state index is 13.6. The molecule has 1 amide bonds. The molecule has 1 unspecified atom stereocenters. The zero-order chi connectivity index (χ0) is 22.6. The number of alkyl halides is 3.